The summed E-state index contributed by atoms with van der Waals surface area (Å²) in [6.07, 6.45) is 10.7. The summed E-state index contributed by atoms with van der Waals surface area (Å²) in [6, 6.07) is 0. The van der Waals surface area contributed by atoms with Gasteiger partial charge in [0.1, 0.15) is 5.01 Å². The van der Waals surface area contributed by atoms with Crippen LogP contribution in [0.25, 0.3) is 0 Å². The van der Waals surface area contributed by atoms with E-state index >= 15 is 0 Å². The van der Waals surface area contributed by atoms with Crippen LogP contribution in [0.3, 0.4) is 0 Å². The zero-order chi connectivity index (χ0) is 14.9. The van der Waals surface area contributed by atoms with Gasteiger partial charge in [0.2, 0.25) is 0 Å². The van der Waals surface area contributed by atoms with Crippen LogP contribution in [-0.4, -0.2) is 24.0 Å². The fourth-order valence-corrected chi connectivity index (χ4v) is 3.15. The van der Waals surface area contributed by atoms with Crippen LogP contribution in [0.5, 0.6) is 0 Å². The molecule has 0 saturated carbocycles. The summed E-state index contributed by atoms with van der Waals surface area (Å²) in [7, 11) is 0. The van der Waals surface area contributed by atoms with E-state index in [1.165, 1.54) is 30.6 Å². The Hall–Kier alpha value is -1.36. The summed E-state index contributed by atoms with van der Waals surface area (Å²) < 4.78 is 0. The first-order valence-corrected chi connectivity index (χ1v) is 8.71. The minimum absolute atomic E-state index is 0.649. The van der Waals surface area contributed by atoms with Gasteiger partial charge in [-0.2, -0.15) is 0 Å². The second kappa shape index (κ2) is 8.82. The normalized spacial score (nSPS) is 15.7. The van der Waals surface area contributed by atoms with Gasteiger partial charge in [0.15, 0.2) is 5.96 Å². The van der Waals surface area contributed by atoms with Gasteiger partial charge in [0.25, 0.3) is 0 Å². The first-order chi connectivity index (χ1) is 10.3. The molecule has 0 bridgehead atoms. The van der Waals surface area contributed by atoms with Crippen molar-refractivity contribution < 1.29 is 0 Å². The van der Waals surface area contributed by atoms with Crippen LogP contribution in [-0.2, 0) is 6.54 Å². The van der Waals surface area contributed by atoms with Crippen LogP contribution in [0.1, 0.15) is 48.9 Å². The van der Waals surface area contributed by atoms with Crippen molar-refractivity contribution in [3.8, 4) is 0 Å². The molecule has 0 aromatic carbocycles. The van der Waals surface area contributed by atoms with Gasteiger partial charge in [-0.15, -0.1) is 11.3 Å². The van der Waals surface area contributed by atoms with Gasteiger partial charge in [-0.25, -0.2) is 9.98 Å². The molecule has 116 valence electrons. The quantitative estimate of drug-likeness (QED) is 0.481. The highest BCUT2D eigenvalue weighted by Crippen LogP contribution is 2.19. The lowest BCUT2D eigenvalue weighted by molar-refractivity contribution is 0.665. The number of guanidine groups is 1. The molecule has 1 aliphatic rings. The number of aryl methyl sites for hydroxylation is 1. The molecule has 21 heavy (non-hydrogen) atoms. The van der Waals surface area contributed by atoms with Crippen molar-refractivity contribution in [3.63, 3.8) is 0 Å². The molecular weight excluding hydrogens is 280 g/mol. The summed E-state index contributed by atoms with van der Waals surface area (Å²) in [4.78, 5) is 10.2. The predicted octanol–water partition coefficient (Wildman–Crippen LogP) is 3.40. The molecule has 0 radical (unpaired) electrons. The number of hydrogen-bond acceptors (Lipinski definition) is 3. The van der Waals surface area contributed by atoms with E-state index in [9.17, 15) is 0 Å². The van der Waals surface area contributed by atoms with Crippen LogP contribution < -0.4 is 10.6 Å². The molecule has 1 heterocycles. The smallest absolute Gasteiger partial charge is 0.191 e. The summed E-state index contributed by atoms with van der Waals surface area (Å²) in [6.45, 7) is 6.65. The molecule has 0 spiro atoms. The van der Waals surface area contributed by atoms with Gasteiger partial charge in [-0.05, 0) is 46.0 Å². The number of nitrogens with one attached hydrogen (secondary N) is 2. The van der Waals surface area contributed by atoms with Crippen LogP contribution in [0, 0.1) is 6.92 Å². The Bertz CT molecular complexity index is 490. The Morgan fingerprint density at radius 1 is 1.38 bits per heavy atom. The maximum Gasteiger partial charge on any atom is 0.191 e. The molecule has 0 unspecified atom stereocenters. The summed E-state index contributed by atoms with van der Waals surface area (Å²) in [5, 5.41) is 7.78. The molecule has 0 atom stereocenters. The molecule has 2 N–H and O–H groups in total. The zero-order valence-electron chi connectivity index (χ0n) is 13.1. The number of aliphatic imine (C=N–C) groups is 1. The Morgan fingerprint density at radius 3 is 2.95 bits per heavy atom. The van der Waals surface area contributed by atoms with E-state index in [4.69, 9.17) is 0 Å². The van der Waals surface area contributed by atoms with E-state index in [1.807, 2.05) is 6.20 Å². The lowest BCUT2D eigenvalue weighted by Gasteiger charge is -2.14. The van der Waals surface area contributed by atoms with Crippen molar-refractivity contribution in [1.82, 2.24) is 15.6 Å². The van der Waals surface area contributed by atoms with Crippen LogP contribution in [0.4, 0.5) is 0 Å². The molecule has 2 rings (SSSR count). The highest BCUT2D eigenvalue weighted by molar-refractivity contribution is 7.11. The standard InChI is InChI=1S/C16H26N4S/c1-3-17-16(20-12-15-19-11-13(2)21-15)18-10-9-14-7-5-4-6-8-14/h7,11H,3-6,8-10,12H2,1-2H3,(H2,17,18,20). The molecule has 1 aromatic heterocycles. The number of hydrogen-bond donors (Lipinski definition) is 2. The number of thiazole rings is 1. The summed E-state index contributed by atoms with van der Waals surface area (Å²) >= 11 is 1.71. The van der Waals surface area contributed by atoms with Gasteiger partial charge in [0.05, 0.1) is 6.54 Å². The van der Waals surface area contributed by atoms with E-state index < -0.39 is 0 Å². The van der Waals surface area contributed by atoms with Crippen molar-refractivity contribution in [3.05, 3.63) is 27.7 Å². The van der Waals surface area contributed by atoms with Crippen molar-refractivity contribution in [2.24, 2.45) is 4.99 Å². The fraction of sp³-hybridized carbons (Fsp3) is 0.625. The average Bonchev–Trinajstić information content (AvgIpc) is 2.91. The number of rotatable bonds is 6. The van der Waals surface area contributed by atoms with Crippen molar-refractivity contribution in [1.29, 1.82) is 0 Å². The molecule has 0 saturated heterocycles. The summed E-state index contributed by atoms with van der Waals surface area (Å²) in [5.74, 6) is 0.891. The van der Waals surface area contributed by atoms with Crippen molar-refractivity contribution in [2.45, 2.75) is 52.5 Å². The zero-order valence-corrected chi connectivity index (χ0v) is 13.9. The second-order valence-electron chi connectivity index (χ2n) is 5.34. The van der Waals surface area contributed by atoms with E-state index in [0.717, 1.165) is 30.5 Å². The molecular formula is C16H26N4S. The third kappa shape index (κ3) is 5.87. The SMILES string of the molecule is CCNC(=NCc1ncc(C)s1)NCCC1=CCCCC1. The summed E-state index contributed by atoms with van der Waals surface area (Å²) in [5.41, 5.74) is 1.60. The molecule has 1 aliphatic carbocycles. The third-order valence-corrected chi connectivity index (χ3v) is 4.41. The number of aromatic nitrogens is 1. The molecule has 0 fully saturated rings. The Balaban J connectivity index is 1.79. The minimum Gasteiger partial charge on any atom is -0.357 e. The Labute approximate surface area is 131 Å². The van der Waals surface area contributed by atoms with Gasteiger partial charge < -0.3 is 10.6 Å². The van der Waals surface area contributed by atoms with E-state index in [0.29, 0.717) is 6.54 Å². The molecule has 5 heteroatoms. The Kier molecular flexibility index (Phi) is 6.73. The molecule has 0 aliphatic heterocycles. The van der Waals surface area contributed by atoms with E-state index in [2.05, 4.69) is 40.5 Å². The predicted molar refractivity (Wildman–Crippen MR) is 90.8 cm³/mol. The van der Waals surface area contributed by atoms with Crippen molar-refractivity contribution >= 4 is 17.3 Å². The van der Waals surface area contributed by atoms with Gasteiger partial charge in [-0.3, -0.25) is 0 Å². The van der Waals surface area contributed by atoms with Gasteiger partial charge in [-0.1, -0.05) is 11.6 Å². The van der Waals surface area contributed by atoms with Crippen LogP contribution in [0.2, 0.25) is 0 Å². The van der Waals surface area contributed by atoms with Crippen molar-refractivity contribution in [2.75, 3.05) is 13.1 Å². The largest absolute Gasteiger partial charge is 0.357 e. The highest BCUT2D eigenvalue weighted by atomic mass is 32.1. The first kappa shape index (κ1) is 16.0. The maximum absolute atomic E-state index is 4.60. The molecule has 1 aromatic rings. The monoisotopic (exact) mass is 306 g/mol. The third-order valence-electron chi connectivity index (χ3n) is 3.51. The lowest BCUT2D eigenvalue weighted by atomic mass is 9.97. The highest BCUT2D eigenvalue weighted by Gasteiger charge is 2.04. The van der Waals surface area contributed by atoms with Crippen LogP contribution in [0.15, 0.2) is 22.8 Å². The average molecular weight is 306 g/mol. The minimum atomic E-state index is 0.649. The second-order valence-corrected chi connectivity index (χ2v) is 6.66. The first-order valence-electron chi connectivity index (χ1n) is 7.89. The molecule has 0 amide bonds. The van der Waals surface area contributed by atoms with E-state index in [1.54, 1.807) is 16.9 Å². The topological polar surface area (TPSA) is 49.3 Å². The lowest BCUT2D eigenvalue weighted by Crippen LogP contribution is -2.37. The van der Waals surface area contributed by atoms with Crippen LogP contribution >= 0.6 is 11.3 Å². The molecule has 4 nitrogen and oxygen atoms in total. The number of allylic oxidation sites excluding steroid dienone is 1. The Morgan fingerprint density at radius 2 is 2.29 bits per heavy atom. The van der Waals surface area contributed by atoms with Gasteiger partial charge >= 0.3 is 0 Å². The maximum atomic E-state index is 4.60. The van der Waals surface area contributed by atoms with Gasteiger partial charge in [0, 0.05) is 24.2 Å². The number of nitrogens with zero attached hydrogens (tertiary/aromatic N) is 2. The van der Waals surface area contributed by atoms with E-state index in [-0.39, 0.29) is 0 Å². The fourth-order valence-electron chi connectivity index (χ4n) is 2.44.